The number of hydrogen-bond acceptors (Lipinski definition) is 6. The third kappa shape index (κ3) is 5.50. The molecule has 11 nitrogen and oxygen atoms in total. The number of carbonyl (C=O) groups is 3. The minimum atomic E-state index is -1.17. The molecule has 158 valence electrons. The average Bonchev–Trinajstić information content (AvgIpc) is 2.68. The van der Waals surface area contributed by atoms with E-state index < -0.39 is 29.9 Å². The second-order valence-electron chi connectivity index (χ2n) is 6.45. The van der Waals surface area contributed by atoms with Crippen molar-refractivity contribution in [2.75, 3.05) is 19.6 Å². The van der Waals surface area contributed by atoms with Crippen LogP contribution in [0.15, 0.2) is 35.1 Å². The van der Waals surface area contributed by atoms with Gasteiger partial charge < -0.3 is 21.1 Å². The number of carboxylic acids is 1. The van der Waals surface area contributed by atoms with Crippen LogP contribution in [0.25, 0.3) is 11.3 Å². The van der Waals surface area contributed by atoms with Gasteiger partial charge in [0, 0.05) is 38.2 Å². The zero-order valence-corrected chi connectivity index (χ0v) is 16.5. The Balaban J connectivity index is 2.19. The molecule has 0 saturated heterocycles. The first-order chi connectivity index (χ1) is 14.1. The smallest absolute Gasteiger partial charge is 0.323 e. The van der Waals surface area contributed by atoms with Crippen molar-refractivity contribution < 1.29 is 19.5 Å². The molecule has 0 spiro atoms. The fraction of sp³-hybridized carbons (Fsp3) is 0.263. The normalized spacial score (nSPS) is 10.3. The van der Waals surface area contributed by atoms with Gasteiger partial charge in [-0.05, 0) is 6.07 Å². The lowest BCUT2D eigenvalue weighted by Gasteiger charge is -2.18. The molecule has 1 aromatic carbocycles. The number of carboxylic acid groups (broad SMARTS) is 1. The van der Waals surface area contributed by atoms with E-state index in [4.69, 9.17) is 16.2 Å². The number of amides is 2. The number of benzene rings is 1. The van der Waals surface area contributed by atoms with E-state index in [2.05, 4.69) is 10.4 Å². The van der Waals surface area contributed by atoms with Crippen molar-refractivity contribution in [2.24, 2.45) is 12.8 Å². The molecule has 0 atom stereocenters. The molecule has 1 aromatic heterocycles. The van der Waals surface area contributed by atoms with Gasteiger partial charge in [0.1, 0.15) is 17.9 Å². The Labute approximate surface area is 171 Å². The largest absolute Gasteiger partial charge is 0.480 e. The molecule has 0 radical (unpaired) electrons. The molecule has 5 N–H and O–H groups in total. The molecule has 2 aromatic rings. The number of aryl methyl sites for hydroxylation is 1. The third-order valence-electron chi connectivity index (χ3n) is 4.24. The molecule has 2 rings (SSSR count). The zero-order chi connectivity index (χ0) is 22.4. The van der Waals surface area contributed by atoms with E-state index >= 15 is 0 Å². The summed E-state index contributed by atoms with van der Waals surface area (Å²) < 4.78 is 1.04. The number of nitrogens with zero attached hydrogens (tertiary/aromatic N) is 3. The quantitative estimate of drug-likeness (QED) is 0.330. The first-order valence-corrected chi connectivity index (χ1v) is 8.89. The molecule has 0 fully saturated rings. The average molecular weight is 414 g/mol. The van der Waals surface area contributed by atoms with Crippen LogP contribution in [0.3, 0.4) is 0 Å². The van der Waals surface area contributed by atoms with Crippen LogP contribution >= 0.6 is 0 Å². The summed E-state index contributed by atoms with van der Waals surface area (Å²) in [5.41, 5.74) is 6.20. The maximum absolute atomic E-state index is 12.5. The molecular weight excluding hydrogens is 392 g/mol. The van der Waals surface area contributed by atoms with Crippen molar-refractivity contribution in [3.05, 3.63) is 51.8 Å². The number of nitrogens with one attached hydrogen (secondary N) is 2. The maximum atomic E-state index is 12.5. The van der Waals surface area contributed by atoms with E-state index in [0.29, 0.717) is 16.8 Å². The van der Waals surface area contributed by atoms with Gasteiger partial charge in [0.15, 0.2) is 0 Å². The molecule has 0 aliphatic carbocycles. The van der Waals surface area contributed by atoms with Crippen LogP contribution in [0.5, 0.6) is 0 Å². The van der Waals surface area contributed by atoms with Crippen LogP contribution in [0.2, 0.25) is 0 Å². The highest BCUT2D eigenvalue weighted by molar-refractivity contribution is 5.96. The Morgan fingerprint density at radius 2 is 1.90 bits per heavy atom. The highest BCUT2D eigenvalue weighted by Gasteiger charge is 2.17. The second-order valence-corrected chi connectivity index (χ2v) is 6.45. The molecule has 0 saturated carbocycles. The summed E-state index contributed by atoms with van der Waals surface area (Å²) in [7, 11) is 1.41. The highest BCUT2D eigenvalue weighted by Crippen LogP contribution is 2.17. The van der Waals surface area contributed by atoms with Crippen LogP contribution in [0.4, 0.5) is 0 Å². The number of hydrogen-bond donors (Lipinski definition) is 4. The topological polar surface area (TPSA) is 171 Å². The van der Waals surface area contributed by atoms with Crippen LogP contribution in [0.1, 0.15) is 22.8 Å². The second kappa shape index (κ2) is 9.45. The van der Waals surface area contributed by atoms with Crippen LogP contribution in [0, 0.1) is 5.41 Å². The minimum absolute atomic E-state index is 0.0157. The van der Waals surface area contributed by atoms with Gasteiger partial charge in [-0.3, -0.25) is 24.6 Å². The Hall–Kier alpha value is -4.02. The van der Waals surface area contributed by atoms with Gasteiger partial charge in [-0.2, -0.15) is 5.10 Å². The zero-order valence-electron chi connectivity index (χ0n) is 16.5. The number of rotatable bonds is 8. The fourth-order valence-electron chi connectivity index (χ4n) is 2.64. The predicted octanol–water partition coefficient (Wildman–Crippen LogP) is -0.606. The number of carbonyl (C=O) groups excluding carboxylic acids is 2. The van der Waals surface area contributed by atoms with Gasteiger partial charge in [-0.1, -0.05) is 24.3 Å². The number of nitrogen functional groups attached to an aromatic ring is 1. The van der Waals surface area contributed by atoms with Crippen molar-refractivity contribution in [1.82, 2.24) is 20.0 Å². The molecular formula is C19H22N6O5. The molecule has 30 heavy (non-hydrogen) atoms. The molecule has 0 aliphatic heterocycles. The Morgan fingerprint density at radius 1 is 1.27 bits per heavy atom. The lowest BCUT2D eigenvalue weighted by atomic mass is 10.1. The lowest BCUT2D eigenvalue weighted by Crippen LogP contribution is -2.41. The molecule has 0 unspecified atom stereocenters. The van der Waals surface area contributed by atoms with Crippen LogP contribution < -0.4 is 16.6 Å². The number of aliphatic carboxylic acids is 1. The summed E-state index contributed by atoms with van der Waals surface area (Å²) >= 11 is 0. The minimum Gasteiger partial charge on any atom is -0.480 e. The van der Waals surface area contributed by atoms with E-state index in [9.17, 15) is 19.2 Å². The molecule has 0 aliphatic rings. The van der Waals surface area contributed by atoms with Gasteiger partial charge in [-0.15, -0.1) is 0 Å². The van der Waals surface area contributed by atoms with Crippen molar-refractivity contribution in [2.45, 2.75) is 6.92 Å². The van der Waals surface area contributed by atoms with Gasteiger partial charge >= 0.3 is 5.97 Å². The summed E-state index contributed by atoms with van der Waals surface area (Å²) in [5, 5.41) is 22.9. The van der Waals surface area contributed by atoms with Crippen LogP contribution in [-0.4, -0.2) is 63.0 Å². The van der Waals surface area contributed by atoms with Gasteiger partial charge in [0.05, 0.1) is 5.69 Å². The van der Waals surface area contributed by atoms with E-state index in [0.717, 1.165) is 9.58 Å². The molecule has 2 amide bonds. The lowest BCUT2D eigenvalue weighted by molar-refractivity contribution is -0.143. The maximum Gasteiger partial charge on any atom is 0.323 e. The number of amidine groups is 1. The number of aromatic nitrogens is 2. The Bertz CT molecular complexity index is 1040. The Kier molecular flexibility index (Phi) is 7.02. The summed E-state index contributed by atoms with van der Waals surface area (Å²) in [4.78, 5) is 48.2. The van der Waals surface area contributed by atoms with Crippen molar-refractivity contribution >= 4 is 23.6 Å². The number of nitrogens with two attached hydrogens (primary N) is 1. The van der Waals surface area contributed by atoms with E-state index in [-0.39, 0.29) is 24.5 Å². The first-order valence-electron chi connectivity index (χ1n) is 8.89. The predicted molar refractivity (Wildman–Crippen MR) is 108 cm³/mol. The summed E-state index contributed by atoms with van der Waals surface area (Å²) in [6.45, 7) is 0.702. The Morgan fingerprint density at radius 3 is 2.43 bits per heavy atom. The first kappa shape index (κ1) is 22.3. The molecule has 1 heterocycles. The van der Waals surface area contributed by atoms with Gasteiger partial charge in [0.25, 0.3) is 11.5 Å². The van der Waals surface area contributed by atoms with Crippen molar-refractivity contribution in [1.29, 1.82) is 5.41 Å². The van der Waals surface area contributed by atoms with Gasteiger partial charge in [0.2, 0.25) is 5.91 Å². The summed E-state index contributed by atoms with van der Waals surface area (Å²) in [5.74, 6) is -2.36. The van der Waals surface area contributed by atoms with Crippen LogP contribution in [-0.2, 0) is 16.6 Å². The molecule has 11 heteroatoms. The SMILES string of the molecule is CC(=O)N(CCNC(=O)c1cc(-c2ccc(C(=N)N)cc2)nn(C)c1=O)CC(=O)O. The van der Waals surface area contributed by atoms with Gasteiger partial charge in [-0.25, -0.2) is 4.68 Å². The molecule has 0 bridgehead atoms. The highest BCUT2D eigenvalue weighted by atomic mass is 16.4. The van der Waals surface area contributed by atoms with E-state index in [1.54, 1.807) is 24.3 Å². The van der Waals surface area contributed by atoms with E-state index in [1.807, 2.05) is 0 Å². The monoisotopic (exact) mass is 414 g/mol. The summed E-state index contributed by atoms with van der Waals surface area (Å²) in [6, 6.07) is 7.94. The fourth-order valence-corrected chi connectivity index (χ4v) is 2.64. The van der Waals surface area contributed by atoms with E-state index in [1.165, 1.54) is 20.0 Å². The standard InChI is InChI=1S/C19H22N6O5/c1-11(26)25(10-16(27)28)8-7-22-18(29)14-9-15(23-24(2)19(14)30)12-3-5-13(6-4-12)17(20)21/h3-6,9H,7-8,10H2,1-2H3,(H3,20,21)(H,22,29)(H,27,28). The summed E-state index contributed by atoms with van der Waals surface area (Å²) in [6.07, 6.45) is 0. The van der Waals surface area contributed by atoms with Crippen molar-refractivity contribution in [3.8, 4) is 11.3 Å². The third-order valence-corrected chi connectivity index (χ3v) is 4.24. The van der Waals surface area contributed by atoms with Crippen molar-refractivity contribution in [3.63, 3.8) is 0 Å².